The fourth-order valence-corrected chi connectivity index (χ4v) is 2.68. The third-order valence-electron chi connectivity index (χ3n) is 4.08. The van der Waals surface area contributed by atoms with Gasteiger partial charge in [0.05, 0.1) is 7.11 Å². The van der Waals surface area contributed by atoms with Crippen LogP contribution in [0, 0.1) is 0 Å². The van der Waals surface area contributed by atoms with Gasteiger partial charge < -0.3 is 19.7 Å². The SMILES string of the molecule is CCN1CCC(NC(=O)COc2ccc(C=O)cc2OC)CC1. The Morgan fingerprint density at radius 2 is 2.09 bits per heavy atom. The van der Waals surface area contributed by atoms with E-state index in [0.717, 1.165) is 38.8 Å². The van der Waals surface area contributed by atoms with E-state index >= 15 is 0 Å². The van der Waals surface area contributed by atoms with Crippen LogP contribution >= 0.6 is 0 Å². The maximum Gasteiger partial charge on any atom is 0.258 e. The lowest BCUT2D eigenvalue weighted by atomic mass is 10.1. The standard InChI is InChI=1S/C17H24N2O4/c1-3-19-8-6-14(7-9-19)18-17(21)12-23-15-5-4-13(11-20)10-16(15)22-2/h4-5,10-11,14H,3,6-9,12H2,1-2H3,(H,18,21). The second-order valence-corrected chi connectivity index (χ2v) is 5.59. The van der Waals surface area contributed by atoms with Crippen molar-refractivity contribution in [2.24, 2.45) is 0 Å². The van der Waals surface area contributed by atoms with E-state index in [2.05, 4.69) is 17.1 Å². The van der Waals surface area contributed by atoms with E-state index in [4.69, 9.17) is 9.47 Å². The van der Waals surface area contributed by atoms with Crippen LogP contribution in [0.25, 0.3) is 0 Å². The monoisotopic (exact) mass is 320 g/mol. The predicted molar refractivity (Wildman–Crippen MR) is 87.2 cm³/mol. The molecule has 1 heterocycles. The zero-order chi connectivity index (χ0) is 16.7. The van der Waals surface area contributed by atoms with Crippen molar-refractivity contribution in [3.63, 3.8) is 0 Å². The zero-order valence-electron chi connectivity index (χ0n) is 13.7. The maximum atomic E-state index is 12.0. The van der Waals surface area contributed by atoms with Crippen molar-refractivity contribution in [1.82, 2.24) is 10.2 Å². The number of benzene rings is 1. The van der Waals surface area contributed by atoms with Crippen LogP contribution in [0.2, 0.25) is 0 Å². The van der Waals surface area contributed by atoms with Crippen molar-refractivity contribution in [2.45, 2.75) is 25.8 Å². The number of carbonyl (C=O) groups excluding carboxylic acids is 2. The fraction of sp³-hybridized carbons (Fsp3) is 0.529. The minimum Gasteiger partial charge on any atom is -0.493 e. The molecule has 1 aliphatic heterocycles. The summed E-state index contributed by atoms with van der Waals surface area (Å²) in [6.07, 6.45) is 2.68. The number of likely N-dealkylation sites (tertiary alicyclic amines) is 1. The van der Waals surface area contributed by atoms with E-state index < -0.39 is 0 Å². The molecule has 0 spiro atoms. The van der Waals surface area contributed by atoms with Gasteiger partial charge >= 0.3 is 0 Å². The second kappa shape index (κ2) is 8.53. The van der Waals surface area contributed by atoms with Gasteiger partial charge in [0.15, 0.2) is 18.1 Å². The Morgan fingerprint density at radius 1 is 1.35 bits per heavy atom. The summed E-state index contributed by atoms with van der Waals surface area (Å²) in [4.78, 5) is 25.1. The van der Waals surface area contributed by atoms with Crippen LogP contribution in [-0.2, 0) is 4.79 Å². The number of rotatable bonds is 7. The number of nitrogens with one attached hydrogen (secondary N) is 1. The molecule has 1 fully saturated rings. The summed E-state index contributed by atoms with van der Waals surface area (Å²) in [5.74, 6) is 0.758. The molecule has 0 atom stereocenters. The normalized spacial score (nSPS) is 15.9. The average Bonchev–Trinajstić information content (AvgIpc) is 2.60. The van der Waals surface area contributed by atoms with Gasteiger partial charge in [-0.1, -0.05) is 6.92 Å². The number of hydrogen-bond acceptors (Lipinski definition) is 5. The molecular formula is C17H24N2O4. The van der Waals surface area contributed by atoms with Gasteiger partial charge in [-0.05, 0) is 37.6 Å². The summed E-state index contributed by atoms with van der Waals surface area (Å²) >= 11 is 0. The van der Waals surface area contributed by atoms with Crippen LogP contribution in [0.1, 0.15) is 30.1 Å². The topological polar surface area (TPSA) is 67.9 Å². The largest absolute Gasteiger partial charge is 0.493 e. The molecule has 6 heteroatoms. The Bertz CT molecular complexity index is 539. The Hall–Kier alpha value is -2.08. The second-order valence-electron chi connectivity index (χ2n) is 5.59. The van der Waals surface area contributed by atoms with E-state index in [1.54, 1.807) is 18.2 Å². The summed E-state index contributed by atoms with van der Waals surface area (Å²) in [6, 6.07) is 5.06. The van der Waals surface area contributed by atoms with E-state index in [1.807, 2.05) is 0 Å². The van der Waals surface area contributed by atoms with E-state index in [9.17, 15) is 9.59 Å². The van der Waals surface area contributed by atoms with Crippen LogP contribution in [0.5, 0.6) is 11.5 Å². The molecule has 6 nitrogen and oxygen atoms in total. The number of hydrogen-bond donors (Lipinski definition) is 1. The lowest BCUT2D eigenvalue weighted by Gasteiger charge is -2.31. The molecule has 1 aliphatic rings. The van der Waals surface area contributed by atoms with Crippen LogP contribution in [0.15, 0.2) is 18.2 Å². The molecular weight excluding hydrogens is 296 g/mol. The van der Waals surface area contributed by atoms with Crippen LogP contribution in [0.4, 0.5) is 0 Å². The lowest BCUT2D eigenvalue weighted by Crippen LogP contribution is -2.45. The van der Waals surface area contributed by atoms with Gasteiger partial charge in [-0.15, -0.1) is 0 Å². The first-order valence-corrected chi connectivity index (χ1v) is 7.94. The minimum absolute atomic E-state index is 0.0647. The molecule has 0 saturated carbocycles. The van der Waals surface area contributed by atoms with E-state index in [-0.39, 0.29) is 18.6 Å². The van der Waals surface area contributed by atoms with Crippen molar-refractivity contribution in [1.29, 1.82) is 0 Å². The van der Waals surface area contributed by atoms with E-state index in [0.29, 0.717) is 17.1 Å². The molecule has 0 bridgehead atoms. The first-order chi connectivity index (χ1) is 11.2. The van der Waals surface area contributed by atoms with Gasteiger partial charge in [-0.2, -0.15) is 0 Å². The Morgan fingerprint density at radius 3 is 2.70 bits per heavy atom. The number of piperidine rings is 1. The highest BCUT2D eigenvalue weighted by molar-refractivity contribution is 5.78. The molecule has 1 aromatic carbocycles. The molecule has 0 radical (unpaired) electrons. The number of carbonyl (C=O) groups is 2. The summed E-state index contributed by atoms with van der Waals surface area (Å²) in [7, 11) is 1.50. The smallest absolute Gasteiger partial charge is 0.258 e. The average molecular weight is 320 g/mol. The number of nitrogens with zero attached hydrogens (tertiary/aromatic N) is 1. The number of amides is 1. The van der Waals surface area contributed by atoms with Gasteiger partial charge in [0, 0.05) is 24.7 Å². The van der Waals surface area contributed by atoms with Gasteiger partial charge in [-0.25, -0.2) is 0 Å². The van der Waals surface area contributed by atoms with Gasteiger partial charge in [0.1, 0.15) is 6.29 Å². The van der Waals surface area contributed by atoms with Crippen molar-refractivity contribution < 1.29 is 19.1 Å². The third-order valence-corrected chi connectivity index (χ3v) is 4.08. The Kier molecular flexibility index (Phi) is 6.40. The summed E-state index contributed by atoms with van der Waals surface area (Å²) < 4.78 is 10.7. The molecule has 126 valence electrons. The van der Waals surface area contributed by atoms with Crippen LogP contribution in [-0.4, -0.2) is 56.5 Å². The van der Waals surface area contributed by atoms with Gasteiger partial charge in [0.25, 0.3) is 5.91 Å². The predicted octanol–water partition coefficient (Wildman–Crippen LogP) is 1.49. The number of ether oxygens (including phenoxy) is 2. The lowest BCUT2D eigenvalue weighted by molar-refractivity contribution is -0.124. The van der Waals surface area contributed by atoms with Crippen LogP contribution < -0.4 is 14.8 Å². The summed E-state index contributed by atoms with van der Waals surface area (Å²) in [5, 5.41) is 3.01. The first-order valence-electron chi connectivity index (χ1n) is 7.94. The molecule has 1 saturated heterocycles. The zero-order valence-corrected chi connectivity index (χ0v) is 13.7. The molecule has 1 aromatic rings. The highest BCUT2D eigenvalue weighted by atomic mass is 16.5. The van der Waals surface area contributed by atoms with Crippen LogP contribution in [0.3, 0.4) is 0 Å². The number of aldehydes is 1. The van der Waals surface area contributed by atoms with Crippen molar-refractivity contribution in [2.75, 3.05) is 33.4 Å². The molecule has 0 unspecified atom stereocenters. The summed E-state index contributed by atoms with van der Waals surface area (Å²) in [5.41, 5.74) is 0.501. The van der Waals surface area contributed by atoms with E-state index in [1.165, 1.54) is 7.11 Å². The summed E-state index contributed by atoms with van der Waals surface area (Å²) in [6.45, 7) is 5.17. The molecule has 23 heavy (non-hydrogen) atoms. The third kappa shape index (κ3) is 4.96. The van der Waals surface area contributed by atoms with Crippen molar-refractivity contribution >= 4 is 12.2 Å². The Balaban J connectivity index is 1.81. The molecule has 0 aromatic heterocycles. The minimum atomic E-state index is -0.138. The Labute approximate surface area is 136 Å². The molecule has 0 aliphatic carbocycles. The van der Waals surface area contributed by atoms with Gasteiger partial charge in [-0.3, -0.25) is 9.59 Å². The molecule has 1 N–H and O–H groups in total. The van der Waals surface area contributed by atoms with Crippen molar-refractivity contribution in [3.05, 3.63) is 23.8 Å². The van der Waals surface area contributed by atoms with Gasteiger partial charge in [0.2, 0.25) is 0 Å². The van der Waals surface area contributed by atoms with Crippen molar-refractivity contribution in [3.8, 4) is 11.5 Å². The molecule has 2 rings (SSSR count). The highest BCUT2D eigenvalue weighted by Crippen LogP contribution is 2.27. The fourth-order valence-electron chi connectivity index (χ4n) is 2.68. The highest BCUT2D eigenvalue weighted by Gasteiger charge is 2.20. The number of methoxy groups -OCH3 is 1. The first kappa shape index (κ1) is 17.3. The molecule has 1 amide bonds. The quantitative estimate of drug-likeness (QED) is 0.771. The maximum absolute atomic E-state index is 12.0.